The second-order valence-corrected chi connectivity index (χ2v) is 6.37. The first-order valence-electron chi connectivity index (χ1n) is 6.46. The van der Waals surface area contributed by atoms with Crippen LogP contribution in [0.25, 0.3) is 0 Å². The molecule has 2 rings (SSSR count). The zero-order valence-corrected chi connectivity index (χ0v) is 12.7. The highest BCUT2D eigenvalue weighted by Gasteiger charge is 2.48. The SMILES string of the molecule is O=S(=O)(c1cc(F)ccc1NCC#Cc1ccccn1)C(F)(F)F. The minimum atomic E-state index is -5.68. The van der Waals surface area contributed by atoms with Gasteiger partial charge in [0.2, 0.25) is 0 Å². The van der Waals surface area contributed by atoms with Gasteiger partial charge in [0.15, 0.2) is 0 Å². The van der Waals surface area contributed by atoms with Crippen molar-refractivity contribution in [2.75, 3.05) is 11.9 Å². The van der Waals surface area contributed by atoms with E-state index >= 15 is 0 Å². The Balaban J connectivity index is 2.25. The third-order valence-corrected chi connectivity index (χ3v) is 4.31. The number of rotatable bonds is 3. The number of hydrogen-bond acceptors (Lipinski definition) is 4. The van der Waals surface area contributed by atoms with Crippen molar-refractivity contribution in [3.8, 4) is 11.8 Å². The van der Waals surface area contributed by atoms with Gasteiger partial charge in [-0.2, -0.15) is 13.2 Å². The van der Waals surface area contributed by atoms with E-state index < -0.39 is 26.1 Å². The van der Waals surface area contributed by atoms with Gasteiger partial charge in [0.25, 0.3) is 9.84 Å². The fraction of sp³-hybridized carbons (Fsp3) is 0.133. The van der Waals surface area contributed by atoms with Gasteiger partial charge in [-0.05, 0) is 36.3 Å². The first-order chi connectivity index (χ1) is 11.2. The van der Waals surface area contributed by atoms with E-state index in [0.717, 1.165) is 12.1 Å². The number of benzene rings is 1. The van der Waals surface area contributed by atoms with Crippen molar-refractivity contribution < 1.29 is 26.0 Å². The molecule has 9 heteroatoms. The van der Waals surface area contributed by atoms with Gasteiger partial charge < -0.3 is 5.32 Å². The van der Waals surface area contributed by atoms with E-state index in [9.17, 15) is 26.0 Å². The van der Waals surface area contributed by atoms with Gasteiger partial charge in [-0.15, -0.1) is 0 Å². The molecule has 1 N–H and O–H groups in total. The van der Waals surface area contributed by atoms with Crippen molar-refractivity contribution in [3.63, 3.8) is 0 Å². The van der Waals surface area contributed by atoms with E-state index in [1.807, 2.05) is 0 Å². The molecular formula is C15H10F4N2O2S. The number of halogens is 4. The fourth-order valence-corrected chi connectivity index (χ4v) is 2.65. The van der Waals surface area contributed by atoms with Gasteiger partial charge >= 0.3 is 5.51 Å². The Morgan fingerprint density at radius 2 is 1.92 bits per heavy atom. The summed E-state index contributed by atoms with van der Waals surface area (Å²) >= 11 is 0. The molecule has 0 aliphatic rings. The summed E-state index contributed by atoms with van der Waals surface area (Å²) in [6.07, 6.45) is 1.52. The van der Waals surface area contributed by atoms with Crippen LogP contribution in [0, 0.1) is 17.7 Å². The van der Waals surface area contributed by atoms with Gasteiger partial charge in [0.05, 0.1) is 12.2 Å². The largest absolute Gasteiger partial charge is 0.501 e. The van der Waals surface area contributed by atoms with Crippen LogP contribution in [0.3, 0.4) is 0 Å². The molecule has 0 fully saturated rings. The van der Waals surface area contributed by atoms with Crippen LogP contribution in [0.5, 0.6) is 0 Å². The number of alkyl halides is 3. The van der Waals surface area contributed by atoms with Crippen LogP contribution >= 0.6 is 0 Å². The summed E-state index contributed by atoms with van der Waals surface area (Å²) in [7, 11) is -5.68. The number of aromatic nitrogens is 1. The summed E-state index contributed by atoms with van der Waals surface area (Å²) in [5.41, 5.74) is -5.47. The molecule has 1 heterocycles. The molecular weight excluding hydrogens is 348 g/mol. The number of pyridine rings is 1. The van der Waals surface area contributed by atoms with Gasteiger partial charge in [-0.1, -0.05) is 12.0 Å². The molecule has 0 aliphatic carbocycles. The Hall–Kier alpha value is -2.60. The summed E-state index contributed by atoms with van der Waals surface area (Å²) < 4.78 is 74.2. The first-order valence-corrected chi connectivity index (χ1v) is 7.95. The molecule has 0 spiro atoms. The minimum Gasteiger partial charge on any atom is -0.373 e. The number of anilines is 1. The van der Waals surface area contributed by atoms with Gasteiger partial charge in [0.1, 0.15) is 16.4 Å². The molecule has 1 aromatic heterocycles. The molecule has 0 saturated carbocycles. The predicted molar refractivity (Wildman–Crippen MR) is 79.2 cm³/mol. The van der Waals surface area contributed by atoms with Crippen LogP contribution in [0.15, 0.2) is 47.5 Å². The Morgan fingerprint density at radius 1 is 1.17 bits per heavy atom. The summed E-state index contributed by atoms with van der Waals surface area (Å²) in [5.74, 6) is 4.14. The molecule has 1 aromatic carbocycles. The predicted octanol–water partition coefficient (Wildman–Crippen LogP) is 2.98. The number of nitrogens with one attached hydrogen (secondary N) is 1. The molecule has 0 unspecified atom stereocenters. The van der Waals surface area contributed by atoms with Crippen molar-refractivity contribution >= 4 is 15.5 Å². The monoisotopic (exact) mass is 358 g/mol. The third-order valence-electron chi connectivity index (χ3n) is 2.79. The molecule has 0 aliphatic heterocycles. The van der Waals surface area contributed by atoms with E-state index in [1.54, 1.807) is 18.2 Å². The molecule has 0 radical (unpaired) electrons. The van der Waals surface area contributed by atoms with E-state index in [1.165, 1.54) is 6.20 Å². The zero-order chi connectivity index (χ0) is 17.8. The maximum absolute atomic E-state index is 13.2. The molecule has 24 heavy (non-hydrogen) atoms. The highest BCUT2D eigenvalue weighted by molar-refractivity contribution is 7.92. The molecule has 0 atom stereocenters. The fourth-order valence-electron chi connectivity index (χ4n) is 1.70. The molecule has 0 amide bonds. The maximum atomic E-state index is 13.2. The van der Waals surface area contributed by atoms with Crippen LogP contribution < -0.4 is 5.32 Å². The van der Waals surface area contributed by atoms with Crippen molar-refractivity contribution in [2.45, 2.75) is 10.4 Å². The minimum absolute atomic E-state index is 0.150. The average Bonchev–Trinajstić information content (AvgIpc) is 2.52. The smallest absolute Gasteiger partial charge is 0.373 e. The summed E-state index contributed by atoms with van der Waals surface area (Å²) in [5, 5.41) is 2.44. The van der Waals surface area contributed by atoms with Crippen molar-refractivity contribution in [2.24, 2.45) is 0 Å². The van der Waals surface area contributed by atoms with E-state index in [4.69, 9.17) is 0 Å². The Kier molecular flexibility index (Phi) is 5.09. The van der Waals surface area contributed by atoms with Gasteiger partial charge in [0, 0.05) is 6.20 Å². The van der Waals surface area contributed by atoms with Crippen molar-refractivity contribution in [1.82, 2.24) is 4.98 Å². The summed E-state index contributed by atoms with van der Waals surface area (Å²) in [4.78, 5) is 2.74. The highest BCUT2D eigenvalue weighted by Crippen LogP contribution is 2.34. The Morgan fingerprint density at radius 3 is 2.54 bits per heavy atom. The average molecular weight is 358 g/mol. The van der Waals surface area contributed by atoms with Crippen LogP contribution in [0.4, 0.5) is 23.2 Å². The number of hydrogen-bond donors (Lipinski definition) is 1. The lowest BCUT2D eigenvalue weighted by Gasteiger charge is -2.13. The summed E-state index contributed by atoms with van der Waals surface area (Å²) in [6, 6.07) is 7.11. The number of nitrogens with zero attached hydrogens (tertiary/aromatic N) is 1. The Labute approximate surface area is 135 Å². The van der Waals surface area contributed by atoms with E-state index in [0.29, 0.717) is 11.8 Å². The van der Waals surface area contributed by atoms with Crippen LogP contribution in [-0.4, -0.2) is 25.5 Å². The second-order valence-electron chi connectivity index (χ2n) is 4.46. The normalized spacial score (nSPS) is 11.5. The van der Waals surface area contributed by atoms with Crippen LogP contribution in [-0.2, 0) is 9.84 Å². The molecule has 0 saturated heterocycles. The lowest BCUT2D eigenvalue weighted by atomic mass is 10.3. The Bertz CT molecular complexity index is 885. The quantitative estimate of drug-likeness (QED) is 0.677. The lowest BCUT2D eigenvalue weighted by Crippen LogP contribution is -2.24. The second kappa shape index (κ2) is 6.88. The van der Waals surface area contributed by atoms with E-state index in [-0.39, 0.29) is 12.2 Å². The summed E-state index contributed by atoms with van der Waals surface area (Å²) in [6.45, 7) is -0.150. The van der Waals surface area contributed by atoms with Crippen molar-refractivity contribution in [1.29, 1.82) is 0 Å². The van der Waals surface area contributed by atoms with Gasteiger partial charge in [-0.25, -0.2) is 17.8 Å². The first kappa shape index (κ1) is 17.7. The standard InChI is InChI=1S/C15H10F4N2O2S/c16-11-6-7-13(14(10-11)24(22,23)15(17,18)19)21-9-3-5-12-4-1-2-8-20-12/h1-2,4,6-8,10,21H,9H2. The molecule has 126 valence electrons. The lowest BCUT2D eigenvalue weighted by molar-refractivity contribution is -0.0435. The maximum Gasteiger partial charge on any atom is 0.501 e. The van der Waals surface area contributed by atoms with Crippen molar-refractivity contribution in [3.05, 3.63) is 54.1 Å². The van der Waals surface area contributed by atoms with E-state index in [2.05, 4.69) is 22.1 Å². The molecule has 0 bridgehead atoms. The molecule has 4 nitrogen and oxygen atoms in total. The van der Waals surface area contributed by atoms with Gasteiger partial charge in [-0.3, -0.25) is 0 Å². The molecule has 2 aromatic rings. The highest BCUT2D eigenvalue weighted by atomic mass is 32.2. The van der Waals surface area contributed by atoms with Crippen LogP contribution in [0.1, 0.15) is 5.69 Å². The zero-order valence-electron chi connectivity index (χ0n) is 11.9. The van der Waals surface area contributed by atoms with Crippen LogP contribution in [0.2, 0.25) is 0 Å². The number of sulfone groups is 1. The topological polar surface area (TPSA) is 59.1 Å². The third kappa shape index (κ3) is 4.02.